The van der Waals surface area contributed by atoms with E-state index in [1.165, 1.54) is 12.1 Å². The van der Waals surface area contributed by atoms with Crippen molar-refractivity contribution in [1.29, 1.82) is 0 Å². The van der Waals surface area contributed by atoms with Crippen molar-refractivity contribution >= 4 is 35.6 Å². The van der Waals surface area contributed by atoms with Gasteiger partial charge in [0.2, 0.25) is 0 Å². The maximum absolute atomic E-state index is 12.9. The van der Waals surface area contributed by atoms with E-state index < -0.39 is 11.7 Å². The first-order valence-corrected chi connectivity index (χ1v) is 10.9. The second-order valence-corrected chi connectivity index (χ2v) is 7.65. The van der Waals surface area contributed by atoms with Crippen molar-refractivity contribution in [2.24, 2.45) is 4.99 Å². The number of alkyl halides is 3. The van der Waals surface area contributed by atoms with E-state index in [1.54, 1.807) is 6.07 Å². The van der Waals surface area contributed by atoms with Gasteiger partial charge >= 0.3 is 6.18 Å². The molecule has 0 spiro atoms. The highest BCUT2D eigenvalue weighted by Gasteiger charge is 2.30. The monoisotopic (exact) mass is 574 g/mol. The standard InChI is InChI=1S/C23H29F3N6.HI/c1-3-27-22(28-13-7-11-21-31-30-20-10-4-5-15-32(20)21)29-14-12-17(2)18-8-6-9-19(16-18)23(24,25)26;/h4-6,8-10,15-17H,3,7,11-14H2,1-2H3,(H2,27,28,29);1H. The van der Waals surface area contributed by atoms with Crippen LogP contribution in [0.2, 0.25) is 0 Å². The summed E-state index contributed by atoms with van der Waals surface area (Å²) in [6.07, 6.45) is -0.0895. The molecular weight excluding hydrogens is 544 g/mol. The fraction of sp³-hybridized carbons (Fsp3) is 0.435. The molecule has 0 saturated heterocycles. The zero-order valence-electron chi connectivity index (χ0n) is 18.8. The van der Waals surface area contributed by atoms with E-state index >= 15 is 0 Å². The SMILES string of the molecule is CCNC(=NCCCc1nnc2ccccn12)NCCC(C)c1cccc(C(F)(F)F)c1.I. The Balaban J connectivity index is 0.00000385. The molecule has 180 valence electrons. The van der Waals surface area contributed by atoms with Gasteiger partial charge in [0.15, 0.2) is 11.6 Å². The van der Waals surface area contributed by atoms with Gasteiger partial charge in [0, 0.05) is 32.3 Å². The van der Waals surface area contributed by atoms with Crippen molar-refractivity contribution in [2.75, 3.05) is 19.6 Å². The quantitative estimate of drug-likeness (QED) is 0.163. The van der Waals surface area contributed by atoms with E-state index in [1.807, 2.05) is 42.6 Å². The van der Waals surface area contributed by atoms with Gasteiger partial charge in [-0.1, -0.05) is 31.2 Å². The van der Waals surface area contributed by atoms with E-state index in [9.17, 15) is 13.2 Å². The summed E-state index contributed by atoms with van der Waals surface area (Å²) in [4.78, 5) is 4.60. The Labute approximate surface area is 209 Å². The summed E-state index contributed by atoms with van der Waals surface area (Å²) < 4.78 is 40.8. The number of aryl methyl sites for hydroxylation is 1. The predicted molar refractivity (Wildman–Crippen MR) is 135 cm³/mol. The Morgan fingerprint density at radius 1 is 1.12 bits per heavy atom. The van der Waals surface area contributed by atoms with Crippen LogP contribution in [-0.4, -0.2) is 40.2 Å². The molecule has 0 radical (unpaired) electrons. The van der Waals surface area contributed by atoms with Gasteiger partial charge in [-0.05, 0) is 49.4 Å². The first kappa shape index (κ1) is 26.9. The van der Waals surface area contributed by atoms with E-state index in [2.05, 4.69) is 25.8 Å². The van der Waals surface area contributed by atoms with Crippen LogP contribution in [-0.2, 0) is 12.6 Å². The molecule has 3 aromatic rings. The molecule has 2 aromatic heterocycles. The van der Waals surface area contributed by atoms with E-state index in [4.69, 9.17) is 0 Å². The Hall–Kier alpha value is -2.37. The number of pyridine rings is 1. The van der Waals surface area contributed by atoms with Crippen LogP contribution in [0.4, 0.5) is 13.2 Å². The van der Waals surface area contributed by atoms with Gasteiger partial charge in [-0.3, -0.25) is 9.39 Å². The molecule has 0 aliphatic rings. The molecular formula is C23H30F3IN6. The van der Waals surface area contributed by atoms with E-state index in [0.717, 1.165) is 36.9 Å². The van der Waals surface area contributed by atoms with Crippen LogP contribution in [0.25, 0.3) is 5.65 Å². The van der Waals surface area contributed by atoms with Gasteiger partial charge in [-0.25, -0.2) is 0 Å². The minimum atomic E-state index is -4.32. The highest BCUT2D eigenvalue weighted by molar-refractivity contribution is 14.0. The topological polar surface area (TPSA) is 66.6 Å². The van der Waals surface area contributed by atoms with Gasteiger partial charge in [0.05, 0.1) is 5.56 Å². The Morgan fingerprint density at radius 3 is 2.70 bits per heavy atom. The lowest BCUT2D eigenvalue weighted by Crippen LogP contribution is -2.38. The van der Waals surface area contributed by atoms with E-state index in [-0.39, 0.29) is 29.9 Å². The number of rotatable bonds is 9. The van der Waals surface area contributed by atoms with Gasteiger partial charge < -0.3 is 10.6 Å². The summed E-state index contributed by atoms with van der Waals surface area (Å²) in [5, 5.41) is 14.9. The molecule has 2 N–H and O–H groups in total. The van der Waals surface area contributed by atoms with Crippen molar-refractivity contribution < 1.29 is 13.2 Å². The fourth-order valence-corrected chi connectivity index (χ4v) is 3.43. The van der Waals surface area contributed by atoms with Crippen LogP contribution < -0.4 is 10.6 Å². The normalized spacial score (nSPS) is 12.9. The van der Waals surface area contributed by atoms with Gasteiger partial charge in [-0.15, -0.1) is 34.2 Å². The lowest BCUT2D eigenvalue weighted by molar-refractivity contribution is -0.137. The molecule has 1 unspecified atom stereocenters. The number of hydrogen-bond acceptors (Lipinski definition) is 3. The number of hydrogen-bond donors (Lipinski definition) is 2. The zero-order chi connectivity index (χ0) is 23.0. The predicted octanol–water partition coefficient (Wildman–Crippen LogP) is 5.05. The molecule has 0 bridgehead atoms. The fourth-order valence-electron chi connectivity index (χ4n) is 3.43. The van der Waals surface area contributed by atoms with Crippen LogP contribution >= 0.6 is 24.0 Å². The van der Waals surface area contributed by atoms with Gasteiger partial charge in [0.25, 0.3) is 0 Å². The summed E-state index contributed by atoms with van der Waals surface area (Å²) >= 11 is 0. The third-order valence-corrected chi connectivity index (χ3v) is 5.21. The number of aliphatic imine (C=N–C) groups is 1. The molecule has 6 nitrogen and oxygen atoms in total. The molecule has 3 rings (SSSR count). The molecule has 0 aliphatic heterocycles. The highest BCUT2D eigenvalue weighted by atomic mass is 127. The van der Waals surface area contributed by atoms with Crippen molar-refractivity contribution in [1.82, 2.24) is 25.2 Å². The average molecular weight is 574 g/mol. The number of nitrogens with zero attached hydrogens (tertiary/aromatic N) is 4. The largest absolute Gasteiger partial charge is 0.416 e. The molecule has 33 heavy (non-hydrogen) atoms. The number of guanidine groups is 1. The van der Waals surface area contributed by atoms with Crippen molar-refractivity contribution in [3.63, 3.8) is 0 Å². The molecule has 0 amide bonds. The molecule has 10 heteroatoms. The highest BCUT2D eigenvalue weighted by Crippen LogP contribution is 2.31. The Morgan fingerprint density at radius 2 is 1.94 bits per heavy atom. The number of benzene rings is 1. The molecule has 0 saturated carbocycles. The summed E-state index contributed by atoms with van der Waals surface area (Å²) in [5.41, 5.74) is 0.908. The number of nitrogens with one attached hydrogen (secondary N) is 2. The molecule has 2 heterocycles. The molecule has 0 fully saturated rings. The minimum absolute atomic E-state index is 0. The van der Waals surface area contributed by atoms with Crippen LogP contribution in [0.15, 0.2) is 53.7 Å². The number of aromatic nitrogens is 3. The third-order valence-electron chi connectivity index (χ3n) is 5.21. The molecule has 0 aliphatic carbocycles. The summed E-state index contributed by atoms with van der Waals surface area (Å²) in [7, 11) is 0. The third kappa shape index (κ3) is 7.86. The summed E-state index contributed by atoms with van der Waals surface area (Å²) in [6, 6.07) is 11.3. The first-order valence-electron chi connectivity index (χ1n) is 10.9. The number of fused-ring (bicyclic) bond motifs is 1. The smallest absolute Gasteiger partial charge is 0.357 e. The van der Waals surface area contributed by atoms with Crippen molar-refractivity contribution in [3.8, 4) is 0 Å². The van der Waals surface area contributed by atoms with Gasteiger partial charge in [-0.2, -0.15) is 13.2 Å². The van der Waals surface area contributed by atoms with Crippen molar-refractivity contribution in [2.45, 2.75) is 45.2 Å². The maximum atomic E-state index is 12.9. The number of halogens is 4. The summed E-state index contributed by atoms with van der Waals surface area (Å²) in [6.45, 7) is 5.89. The lowest BCUT2D eigenvalue weighted by atomic mass is 9.96. The van der Waals surface area contributed by atoms with Crippen LogP contribution in [0.5, 0.6) is 0 Å². The zero-order valence-corrected chi connectivity index (χ0v) is 21.1. The Kier molecular flexibility index (Phi) is 10.4. The summed E-state index contributed by atoms with van der Waals surface area (Å²) in [5.74, 6) is 1.60. The van der Waals surface area contributed by atoms with Crippen LogP contribution in [0.1, 0.15) is 49.6 Å². The Bertz CT molecular complexity index is 1030. The maximum Gasteiger partial charge on any atom is 0.416 e. The lowest BCUT2D eigenvalue weighted by Gasteiger charge is -2.16. The van der Waals surface area contributed by atoms with E-state index in [0.29, 0.717) is 31.0 Å². The van der Waals surface area contributed by atoms with Crippen molar-refractivity contribution in [3.05, 3.63) is 65.6 Å². The second kappa shape index (κ2) is 12.8. The minimum Gasteiger partial charge on any atom is -0.357 e. The van der Waals surface area contributed by atoms with Crippen LogP contribution in [0.3, 0.4) is 0 Å². The van der Waals surface area contributed by atoms with Crippen LogP contribution in [0, 0.1) is 0 Å². The molecule has 1 aromatic carbocycles. The second-order valence-electron chi connectivity index (χ2n) is 7.65. The molecule has 1 atom stereocenters. The average Bonchev–Trinajstić information content (AvgIpc) is 3.19. The van der Waals surface area contributed by atoms with Gasteiger partial charge in [0.1, 0.15) is 5.82 Å². The first-order chi connectivity index (χ1) is 15.4.